The molecule has 17 heavy (non-hydrogen) atoms. The Bertz CT molecular complexity index is 419. The van der Waals surface area contributed by atoms with E-state index in [1.165, 1.54) is 16.8 Å². The molecule has 94 valence electrons. The Morgan fingerprint density at radius 1 is 1.47 bits per heavy atom. The van der Waals surface area contributed by atoms with E-state index in [1.54, 1.807) is 6.07 Å². The van der Waals surface area contributed by atoms with Gasteiger partial charge in [0.05, 0.1) is 6.61 Å². The lowest BCUT2D eigenvalue weighted by Gasteiger charge is -2.18. The number of nitrogens with zero attached hydrogens (tertiary/aromatic N) is 1. The Kier molecular flexibility index (Phi) is 3.16. The number of aliphatic hydroxyl groups excluding tert-OH is 3. The highest BCUT2D eigenvalue weighted by Gasteiger charge is 2.43. The maximum absolute atomic E-state index is 11.1. The van der Waals surface area contributed by atoms with Crippen molar-refractivity contribution < 1.29 is 24.9 Å². The van der Waals surface area contributed by atoms with Crippen LogP contribution in [0.2, 0.25) is 0 Å². The molecular weight excluding hydrogens is 228 g/mol. The molecule has 2 rings (SSSR count). The second-order valence-corrected chi connectivity index (χ2v) is 3.89. The first kappa shape index (κ1) is 12.1. The molecular formula is C10H14N2O5. The number of carbonyl (C=O) groups excluding carboxylic acids is 1. The van der Waals surface area contributed by atoms with Crippen molar-refractivity contribution in [3.05, 3.63) is 24.0 Å². The quantitative estimate of drug-likeness (QED) is 0.498. The number of carbonyl (C=O) groups is 1. The number of nitrogens with two attached hydrogens (primary N) is 1. The molecule has 7 nitrogen and oxygen atoms in total. The monoisotopic (exact) mass is 242 g/mol. The van der Waals surface area contributed by atoms with E-state index in [0.29, 0.717) is 0 Å². The molecule has 0 bridgehead atoms. The zero-order valence-corrected chi connectivity index (χ0v) is 8.93. The lowest BCUT2D eigenvalue weighted by molar-refractivity contribution is -0.0532. The van der Waals surface area contributed by atoms with Gasteiger partial charge in [0.1, 0.15) is 24.0 Å². The number of hydrogen-bond donors (Lipinski definition) is 4. The van der Waals surface area contributed by atoms with Crippen molar-refractivity contribution in [2.24, 2.45) is 5.73 Å². The largest absolute Gasteiger partial charge is 0.394 e. The van der Waals surface area contributed by atoms with Gasteiger partial charge in [-0.3, -0.25) is 4.79 Å². The molecule has 0 saturated carbocycles. The fraction of sp³-hybridized carbons (Fsp3) is 0.500. The smallest absolute Gasteiger partial charge is 0.265 e. The number of amides is 1. The van der Waals surface area contributed by atoms with Crippen LogP contribution in [0.5, 0.6) is 0 Å². The van der Waals surface area contributed by atoms with Crippen molar-refractivity contribution in [1.29, 1.82) is 0 Å². The predicted octanol–water partition coefficient (Wildman–Crippen LogP) is -1.80. The summed E-state index contributed by atoms with van der Waals surface area (Å²) < 4.78 is 6.61. The van der Waals surface area contributed by atoms with Gasteiger partial charge in [-0.05, 0) is 12.1 Å². The summed E-state index contributed by atoms with van der Waals surface area (Å²) in [6.07, 6.45) is -2.72. The van der Waals surface area contributed by atoms with E-state index in [9.17, 15) is 15.0 Å². The van der Waals surface area contributed by atoms with Gasteiger partial charge in [0.25, 0.3) is 5.91 Å². The third kappa shape index (κ3) is 1.93. The van der Waals surface area contributed by atoms with Crippen molar-refractivity contribution in [2.75, 3.05) is 6.61 Å². The number of aliphatic hydroxyl groups is 3. The van der Waals surface area contributed by atoms with Crippen molar-refractivity contribution >= 4 is 5.91 Å². The second-order valence-electron chi connectivity index (χ2n) is 3.89. The topological polar surface area (TPSA) is 118 Å². The van der Waals surface area contributed by atoms with Crippen LogP contribution in [0.1, 0.15) is 16.7 Å². The molecule has 0 radical (unpaired) electrons. The lowest BCUT2D eigenvalue weighted by Crippen LogP contribution is -2.33. The molecule has 1 aliphatic heterocycles. The van der Waals surface area contributed by atoms with Crippen LogP contribution < -0.4 is 5.73 Å². The molecule has 1 saturated heterocycles. The summed E-state index contributed by atoms with van der Waals surface area (Å²) in [5.41, 5.74) is 5.33. The van der Waals surface area contributed by atoms with Crippen LogP contribution in [0.4, 0.5) is 0 Å². The maximum atomic E-state index is 11.1. The molecule has 0 spiro atoms. The van der Waals surface area contributed by atoms with Crippen molar-refractivity contribution in [1.82, 2.24) is 4.57 Å². The molecule has 4 atom stereocenters. The van der Waals surface area contributed by atoms with Crippen molar-refractivity contribution in [3.8, 4) is 0 Å². The zero-order valence-electron chi connectivity index (χ0n) is 8.93. The Morgan fingerprint density at radius 3 is 2.71 bits per heavy atom. The van der Waals surface area contributed by atoms with Gasteiger partial charge in [0.2, 0.25) is 0 Å². The number of aromatic nitrogens is 1. The Balaban J connectivity index is 2.29. The van der Waals surface area contributed by atoms with Gasteiger partial charge >= 0.3 is 0 Å². The average Bonchev–Trinajstić information content (AvgIpc) is 2.86. The Labute approximate surface area is 97.0 Å². The van der Waals surface area contributed by atoms with Gasteiger partial charge in [0, 0.05) is 6.20 Å². The summed E-state index contributed by atoms with van der Waals surface area (Å²) >= 11 is 0. The van der Waals surface area contributed by atoms with E-state index in [4.69, 9.17) is 15.6 Å². The third-order valence-corrected chi connectivity index (χ3v) is 2.82. The van der Waals surface area contributed by atoms with Crippen molar-refractivity contribution in [3.63, 3.8) is 0 Å². The van der Waals surface area contributed by atoms with Gasteiger partial charge in [0.15, 0.2) is 6.23 Å². The third-order valence-electron chi connectivity index (χ3n) is 2.82. The van der Waals surface area contributed by atoms with E-state index < -0.39 is 37.1 Å². The molecule has 1 fully saturated rings. The summed E-state index contributed by atoms with van der Waals surface area (Å²) in [5, 5.41) is 28.3. The van der Waals surface area contributed by atoms with Crippen molar-refractivity contribution in [2.45, 2.75) is 24.5 Å². The van der Waals surface area contributed by atoms with Crippen LogP contribution in [0.3, 0.4) is 0 Å². The van der Waals surface area contributed by atoms with Crippen LogP contribution in [0.25, 0.3) is 0 Å². The van der Waals surface area contributed by atoms with Gasteiger partial charge < -0.3 is 30.4 Å². The van der Waals surface area contributed by atoms with E-state index in [-0.39, 0.29) is 5.69 Å². The van der Waals surface area contributed by atoms with Gasteiger partial charge in [-0.1, -0.05) is 0 Å². The minimum Gasteiger partial charge on any atom is -0.394 e. The van der Waals surface area contributed by atoms with Crippen LogP contribution in [0.15, 0.2) is 18.3 Å². The molecule has 1 amide bonds. The van der Waals surface area contributed by atoms with Gasteiger partial charge in [-0.2, -0.15) is 0 Å². The highest BCUT2D eigenvalue weighted by Crippen LogP contribution is 2.30. The molecule has 0 unspecified atom stereocenters. The molecule has 1 aromatic heterocycles. The van der Waals surface area contributed by atoms with Gasteiger partial charge in [-0.15, -0.1) is 0 Å². The summed E-state index contributed by atoms with van der Waals surface area (Å²) in [5.74, 6) is -0.660. The first-order valence-electron chi connectivity index (χ1n) is 5.15. The minimum atomic E-state index is -1.22. The molecule has 1 aromatic rings. The van der Waals surface area contributed by atoms with Crippen LogP contribution in [-0.2, 0) is 4.74 Å². The SMILES string of the molecule is NC(=O)c1cccn1[C@@H]1O[C@H](CO)[C@@H](O)[C@H]1O. The lowest BCUT2D eigenvalue weighted by atomic mass is 10.1. The fourth-order valence-corrected chi connectivity index (χ4v) is 1.93. The van der Waals surface area contributed by atoms with E-state index in [1.807, 2.05) is 0 Å². The molecule has 0 aliphatic carbocycles. The standard InChI is InChI=1S/C10H14N2O5/c11-9(16)5-2-1-3-12(5)10-8(15)7(14)6(4-13)17-10/h1-3,6-8,10,13-15H,4H2,(H2,11,16)/t6-,7-,8-,10-/m1/s1. The molecule has 7 heteroatoms. The second kappa shape index (κ2) is 4.46. The number of primary amides is 1. The fourth-order valence-electron chi connectivity index (χ4n) is 1.93. The van der Waals surface area contributed by atoms with E-state index in [2.05, 4.69) is 0 Å². The van der Waals surface area contributed by atoms with Gasteiger partial charge in [-0.25, -0.2) is 0 Å². The predicted molar refractivity (Wildman–Crippen MR) is 56.0 cm³/mol. The molecule has 0 aromatic carbocycles. The first-order chi connectivity index (χ1) is 8.06. The van der Waals surface area contributed by atoms with Crippen LogP contribution >= 0.6 is 0 Å². The number of hydrogen-bond acceptors (Lipinski definition) is 5. The minimum absolute atomic E-state index is 0.167. The normalized spacial score (nSPS) is 32.9. The summed E-state index contributed by atoms with van der Waals surface area (Å²) in [7, 11) is 0. The summed E-state index contributed by atoms with van der Waals surface area (Å²) in [6.45, 7) is -0.415. The average molecular weight is 242 g/mol. The highest BCUT2D eigenvalue weighted by molar-refractivity contribution is 5.91. The maximum Gasteiger partial charge on any atom is 0.265 e. The number of rotatable bonds is 3. The summed E-state index contributed by atoms with van der Waals surface area (Å²) in [6, 6.07) is 3.06. The first-order valence-corrected chi connectivity index (χ1v) is 5.15. The Hall–Kier alpha value is -1.41. The highest BCUT2D eigenvalue weighted by atomic mass is 16.6. The summed E-state index contributed by atoms with van der Waals surface area (Å²) in [4.78, 5) is 11.1. The van der Waals surface area contributed by atoms with Crippen LogP contribution in [-0.4, -0.2) is 50.7 Å². The molecule has 5 N–H and O–H groups in total. The van der Waals surface area contributed by atoms with E-state index >= 15 is 0 Å². The Morgan fingerprint density at radius 2 is 2.18 bits per heavy atom. The zero-order chi connectivity index (χ0) is 12.6. The number of ether oxygens (including phenoxy) is 1. The molecule has 2 heterocycles. The molecule has 1 aliphatic rings. The van der Waals surface area contributed by atoms with E-state index in [0.717, 1.165) is 0 Å². The van der Waals surface area contributed by atoms with Crippen LogP contribution in [0, 0.1) is 0 Å².